The van der Waals surface area contributed by atoms with Crippen molar-refractivity contribution in [3.63, 3.8) is 0 Å². The molecule has 0 aliphatic rings. The molecule has 1 heterocycles. The van der Waals surface area contributed by atoms with Crippen LogP contribution in [0.3, 0.4) is 0 Å². The summed E-state index contributed by atoms with van der Waals surface area (Å²) in [6, 6.07) is 7.68. The lowest BCUT2D eigenvalue weighted by Gasteiger charge is -1.97. The lowest BCUT2D eigenvalue weighted by molar-refractivity contribution is 0.546. The Labute approximate surface area is 82.4 Å². The van der Waals surface area contributed by atoms with Gasteiger partial charge in [0.15, 0.2) is 0 Å². The molecule has 0 fully saturated rings. The normalized spacial score (nSPS) is 10.6. The van der Waals surface area contributed by atoms with Crippen LogP contribution in [0.2, 0.25) is 0 Å². The summed E-state index contributed by atoms with van der Waals surface area (Å²) in [5.41, 5.74) is 1.79. The zero-order valence-corrected chi connectivity index (χ0v) is 8.10. The first-order chi connectivity index (χ1) is 6.86. The fourth-order valence-corrected chi connectivity index (χ4v) is 1.61. The molecule has 0 saturated heterocycles. The molecular weight excluding hydrogens is 176 g/mol. The number of aryl methyl sites for hydroxylation is 1. The van der Waals surface area contributed by atoms with Gasteiger partial charge in [-0.2, -0.15) is 0 Å². The molecule has 0 aliphatic heterocycles. The van der Waals surface area contributed by atoms with Crippen molar-refractivity contribution in [1.82, 2.24) is 9.55 Å². The summed E-state index contributed by atoms with van der Waals surface area (Å²) in [6.07, 6.45) is 2.67. The molecule has 0 radical (unpaired) electrons. The van der Waals surface area contributed by atoms with Crippen LogP contribution >= 0.6 is 0 Å². The van der Waals surface area contributed by atoms with Crippen LogP contribution in [0.1, 0.15) is 19.2 Å². The van der Waals surface area contributed by atoms with Crippen LogP contribution in [0.15, 0.2) is 24.3 Å². The first kappa shape index (κ1) is 8.94. The van der Waals surface area contributed by atoms with Gasteiger partial charge in [-0.05, 0) is 18.6 Å². The topological polar surface area (TPSA) is 34.9 Å². The average Bonchev–Trinajstić information content (AvgIpc) is 2.55. The fraction of sp³-hybridized carbons (Fsp3) is 0.273. The number of benzene rings is 1. The van der Waals surface area contributed by atoms with Crippen LogP contribution in [0.25, 0.3) is 11.0 Å². The number of imidazole rings is 1. The van der Waals surface area contributed by atoms with Crippen molar-refractivity contribution in [1.29, 1.82) is 0 Å². The molecule has 72 valence electrons. The molecule has 2 aromatic rings. The summed E-state index contributed by atoms with van der Waals surface area (Å²) in [6.45, 7) is 2.08. The van der Waals surface area contributed by atoms with Crippen molar-refractivity contribution >= 4 is 17.4 Å². The Bertz CT molecular complexity index is 459. The molecule has 3 heteroatoms. The molecule has 0 amide bonds. The van der Waals surface area contributed by atoms with Crippen LogP contribution in [-0.2, 0) is 11.2 Å². The Morgan fingerprint density at radius 2 is 2.21 bits per heavy atom. The van der Waals surface area contributed by atoms with E-state index in [-0.39, 0.29) is 0 Å². The number of rotatable bonds is 3. The largest absolute Gasteiger partial charge is 0.278 e. The molecule has 0 N–H and O–H groups in total. The van der Waals surface area contributed by atoms with E-state index in [4.69, 9.17) is 0 Å². The number of carbonyl (C=O) groups excluding carboxylic acids is 1. The first-order valence-electron chi connectivity index (χ1n) is 4.78. The molecule has 0 bridgehead atoms. The van der Waals surface area contributed by atoms with E-state index in [1.807, 2.05) is 24.3 Å². The van der Waals surface area contributed by atoms with E-state index in [2.05, 4.69) is 11.9 Å². The number of hydrogen-bond acceptors (Lipinski definition) is 2. The highest BCUT2D eigenvalue weighted by molar-refractivity contribution is 5.82. The van der Waals surface area contributed by atoms with Gasteiger partial charge in [-0.3, -0.25) is 9.36 Å². The molecule has 14 heavy (non-hydrogen) atoms. The summed E-state index contributed by atoms with van der Waals surface area (Å²) in [5, 5.41) is 0. The predicted molar refractivity (Wildman–Crippen MR) is 55.9 cm³/mol. The number of hydrogen-bond donors (Lipinski definition) is 0. The third kappa shape index (κ3) is 1.31. The van der Waals surface area contributed by atoms with Gasteiger partial charge in [0.05, 0.1) is 11.0 Å². The van der Waals surface area contributed by atoms with Crippen LogP contribution in [0.4, 0.5) is 0 Å². The summed E-state index contributed by atoms with van der Waals surface area (Å²) in [5.74, 6) is 0.851. The maximum atomic E-state index is 10.9. The third-order valence-corrected chi connectivity index (χ3v) is 2.25. The Hall–Kier alpha value is -1.64. The minimum absolute atomic E-state index is 0.834. The van der Waals surface area contributed by atoms with E-state index >= 15 is 0 Å². The maximum Gasteiger partial charge on any atom is 0.219 e. The highest BCUT2D eigenvalue weighted by Gasteiger charge is 2.07. The third-order valence-electron chi connectivity index (χ3n) is 2.25. The van der Waals surface area contributed by atoms with Crippen LogP contribution < -0.4 is 0 Å². The standard InChI is InChI=1S/C11H12N2O/c1-2-5-11-12-9-6-3-4-7-10(9)13(11)8-14/h3-4,6-8H,2,5H2,1H3. The molecular formula is C11H12N2O. The highest BCUT2D eigenvalue weighted by Crippen LogP contribution is 2.14. The highest BCUT2D eigenvalue weighted by atomic mass is 16.1. The second-order valence-corrected chi connectivity index (χ2v) is 3.24. The maximum absolute atomic E-state index is 10.9. The van der Waals surface area contributed by atoms with Gasteiger partial charge >= 0.3 is 0 Å². The molecule has 0 atom stereocenters. The Kier molecular flexibility index (Phi) is 2.31. The van der Waals surface area contributed by atoms with Gasteiger partial charge in [-0.1, -0.05) is 19.1 Å². The monoisotopic (exact) mass is 188 g/mol. The van der Waals surface area contributed by atoms with Gasteiger partial charge in [-0.25, -0.2) is 4.98 Å². The van der Waals surface area contributed by atoms with E-state index in [0.717, 1.165) is 36.1 Å². The summed E-state index contributed by atoms with van der Waals surface area (Å²) < 4.78 is 1.62. The van der Waals surface area contributed by atoms with Crippen molar-refractivity contribution < 1.29 is 4.79 Å². The van der Waals surface area contributed by atoms with Crippen LogP contribution in [0.5, 0.6) is 0 Å². The Morgan fingerprint density at radius 1 is 1.43 bits per heavy atom. The van der Waals surface area contributed by atoms with Gasteiger partial charge in [0.1, 0.15) is 5.82 Å². The van der Waals surface area contributed by atoms with Crippen LogP contribution in [-0.4, -0.2) is 16.0 Å². The van der Waals surface area contributed by atoms with Crippen LogP contribution in [0, 0.1) is 0 Å². The molecule has 0 saturated carbocycles. The van der Waals surface area contributed by atoms with Gasteiger partial charge in [-0.15, -0.1) is 0 Å². The lowest BCUT2D eigenvalue weighted by Crippen LogP contribution is -2.01. The molecule has 2 rings (SSSR count). The van der Waals surface area contributed by atoms with E-state index in [1.165, 1.54) is 0 Å². The Morgan fingerprint density at radius 3 is 2.93 bits per heavy atom. The zero-order valence-electron chi connectivity index (χ0n) is 8.10. The predicted octanol–water partition coefficient (Wildman–Crippen LogP) is 2.03. The molecule has 3 nitrogen and oxygen atoms in total. The average molecular weight is 188 g/mol. The molecule has 0 aliphatic carbocycles. The van der Waals surface area contributed by atoms with E-state index in [1.54, 1.807) is 4.57 Å². The summed E-state index contributed by atoms with van der Waals surface area (Å²) in [7, 11) is 0. The number of para-hydroxylation sites is 2. The SMILES string of the molecule is CCCc1nc2ccccc2n1C=O. The van der Waals surface area contributed by atoms with Crippen molar-refractivity contribution in [3.8, 4) is 0 Å². The zero-order chi connectivity index (χ0) is 9.97. The van der Waals surface area contributed by atoms with Crippen molar-refractivity contribution in [2.75, 3.05) is 0 Å². The second-order valence-electron chi connectivity index (χ2n) is 3.24. The van der Waals surface area contributed by atoms with Gasteiger partial charge in [0.25, 0.3) is 0 Å². The minimum atomic E-state index is 0.834. The van der Waals surface area contributed by atoms with E-state index < -0.39 is 0 Å². The van der Waals surface area contributed by atoms with Crippen molar-refractivity contribution in [2.45, 2.75) is 19.8 Å². The smallest absolute Gasteiger partial charge is 0.219 e. The van der Waals surface area contributed by atoms with Crippen molar-refractivity contribution in [3.05, 3.63) is 30.1 Å². The number of fused-ring (bicyclic) bond motifs is 1. The summed E-state index contributed by atoms with van der Waals surface area (Å²) in [4.78, 5) is 15.3. The molecule has 0 spiro atoms. The van der Waals surface area contributed by atoms with Gasteiger partial charge in [0.2, 0.25) is 6.41 Å². The van der Waals surface area contributed by atoms with Gasteiger partial charge < -0.3 is 0 Å². The Balaban J connectivity index is 2.65. The molecule has 1 aromatic heterocycles. The van der Waals surface area contributed by atoms with Gasteiger partial charge in [0, 0.05) is 6.42 Å². The quantitative estimate of drug-likeness (QED) is 0.691. The second kappa shape index (κ2) is 3.62. The fourth-order valence-electron chi connectivity index (χ4n) is 1.61. The minimum Gasteiger partial charge on any atom is -0.278 e. The molecule has 0 unspecified atom stereocenters. The van der Waals surface area contributed by atoms with Crippen molar-refractivity contribution in [2.24, 2.45) is 0 Å². The number of carbonyl (C=O) groups is 1. The number of aromatic nitrogens is 2. The van der Waals surface area contributed by atoms with E-state index in [0.29, 0.717) is 0 Å². The molecule has 1 aromatic carbocycles. The first-order valence-corrected chi connectivity index (χ1v) is 4.78. The van der Waals surface area contributed by atoms with E-state index in [9.17, 15) is 4.79 Å². The lowest BCUT2D eigenvalue weighted by atomic mass is 10.3. The number of nitrogens with zero attached hydrogens (tertiary/aromatic N) is 2. The summed E-state index contributed by atoms with van der Waals surface area (Å²) >= 11 is 0.